The molecule has 0 aliphatic heterocycles. The first kappa shape index (κ1) is 16.7. The van der Waals surface area contributed by atoms with Gasteiger partial charge >= 0.3 is 0 Å². The lowest BCUT2D eigenvalue weighted by Crippen LogP contribution is -2.16. The van der Waals surface area contributed by atoms with Crippen LogP contribution in [0.25, 0.3) is 0 Å². The first-order valence-electron chi connectivity index (χ1n) is 6.97. The molecule has 2 atom stereocenters. The van der Waals surface area contributed by atoms with E-state index in [0.717, 1.165) is 16.4 Å². The van der Waals surface area contributed by atoms with E-state index in [1.165, 1.54) is 38.5 Å². The molecule has 16 heavy (non-hydrogen) atoms. The molecule has 0 spiro atoms. The van der Waals surface area contributed by atoms with Crippen LogP contribution in [0.5, 0.6) is 0 Å². The highest BCUT2D eigenvalue weighted by molar-refractivity contribution is 8.77. The summed E-state index contributed by atoms with van der Waals surface area (Å²) in [6.07, 6.45) is 8.29. The Hall–Kier alpha value is 0.700. The van der Waals surface area contributed by atoms with Gasteiger partial charge in [0, 0.05) is 10.5 Å². The highest BCUT2D eigenvalue weighted by Gasteiger charge is 2.20. The average Bonchev–Trinajstić information content (AvgIpc) is 2.26. The molecule has 0 nitrogen and oxygen atoms in total. The second-order valence-corrected chi connectivity index (χ2v) is 7.97. The third kappa shape index (κ3) is 7.89. The maximum absolute atomic E-state index is 2.35. The summed E-state index contributed by atoms with van der Waals surface area (Å²) in [7, 11) is 4.21. The molecule has 0 rings (SSSR count). The molecule has 0 aliphatic carbocycles. The highest BCUT2D eigenvalue weighted by atomic mass is 33.1. The standard InChI is InChI=1S/C14H30S2/c1-6-9-11-13(10-7-2)14(8-3)16-15-12(4)5/h12-14H,6-11H2,1-5H3/t13?,14-/m0/s1. The third-order valence-corrected chi connectivity index (χ3v) is 6.58. The minimum Gasteiger partial charge on any atom is -0.0910 e. The van der Waals surface area contributed by atoms with Crippen LogP contribution in [0.1, 0.15) is 73.1 Å². The summed E-state index contributed by atoms with van der Waals surface area (Å²) in [4.78, 5) is 0. The van der Waals surface area contributed by atoms with Crippen LogP contribution >= 0.6 is 21.6 Å². The van der Waals surface area contributed by atoms with Crippen LogP contribution < -0.4 is 0 Å². The van der Waals surface area contributed by atoms with E-state index < -0.39 is 0 Å². The predicted molar refractivity (Wildman–Crippen MR) is 82.3 cm³/mol. The molecule has 0 N–H and O–H groups in total. The molecule has 0 fully saturated rings. The summed E-state index contributed by atoms with van der Waals surface area (Å²) in [5.41, 5.74) is 0. The topological polar surface area (TPSA) is 0 Å². The van der Waals surface area contributed by atoms with Crippen molar-refractivity contribution < 1.29 is 0 Å². The lowest BCUT2D eigenvalue weighted by atomic mass is 9.92. The molecule has 0 aromatic rings. The molecule has 0 radical (unpaired) electrons. The van der Waals surface area contributed by atoms with Crippen molar-refractivity contribution in [3.05, 3.63) is 0 Å². The summed E-state index contributed by atoms with van der Waals surface area (Å²) < 4.78 is 0. The van der Waals surface area contributed by atoms with E-state index in [1.54, 1.807) is 0 Å². The first-order chi connectivity index (χ1) is 7.65. The van der Waals surface area contributed by atoms with Gasteiger partial charge in [-0.15, -0.1) is 0 Å². The monoisotopic (exact) mass is 262 g/mol. The van der Waals surface area contributed by atoms with Gasteiger partial charge in [0.25, 0.3) is 0 Å². The molecule has 0 amide bonds. The van der Waals surface area contributed by atoms with Crippen molar-refractivity contribution >= 4 is 21.6 Å². The average molecular weight is 263 g/mol. The smallest absolute Gasteiger partial charge is 0.0177 e. The molecular weight excluding hydrogens is 232 g/mol. The van der Waals surface area contributed by atoms with Crippen LogP contribution in [0.4, 0.5) is 0 Å². The van der Waals surface area contributed by atoms with E-state index in [-0.39, 0.29) is 0 Å². The first-order valence-corrected chi connectivity index (χ1v) is 9.25. The summed E-state index contributed by atoms with van der Waals surface area (Å²) >= 11 is 0. The van der Waals surface area contributed by atoms with E-state index in [9.17, 15) is 0 Å². The fraction of sp³-hybridized carbons (Fsp3) is 1.00. The van der Waals surface area contributed by atoms with Crippen LogP contribution in [0.2, 0.25) is 0 Å². The normalized spacial score (nSPS) is 15.4. The summed E-state index contributed by atoms with van der Waals surface area (Å²) in [5.74, 6) is 0.950. The van der Waals surface area contributed by atoms with E-state index in [0.29, 0.717) is 0 Å². The van der Waals surface area contributed by atoms with E-state index in [1.807, 2.05) is 0 Å². The number of rotatable bonds is 10. The summed E-state index contributed by atoms with van der Waals surface area (Å²) in [5, 5.41) is 1.63. The van der Waals surface area contributed by atoms with Crippen molar-refractivity contribution in [1.29, 1.82) is 0 Å². The van der Waals surface area contributed by atoms with Crippen molar-refractivity contribution in [2.75, 3.05) is 0 Å². The molecule has 0 heterocycles. The Balaban J connectivity index is 4.09. The minimum atomic E-state index is 0.757. The zero-order valence-electron chi connectivity index (χ0n) is 11.8. The van der Waals surface area contributed by atoms with Crippen molar-refractivity contribution in [3.63, 3.8) is 0 Å². The van der Waals surface area contributed by atoms with Crippen molar-refractivity contribution in [1.82, 2.24) is 0 Å². The van der Waals surface area contributed by atoms with Gasteiger partial charge in [0.05, 0.1) is 0 Å². The highest BCUT2D eigenvalue weighted by Crippen LogP contribution is 2.39. The zero-order chi connectivity index (χ0) is 12.4. The van der Waals surface area contributed by atoms with Crippen LogP contribution in [0, 0.1) is 5.92 Å². The Morgan fingerprint density at radius 1 is 0.875 bits per heavy atom. The molecular formula is C14H30S2. The molecule has 0 aromatic heterocycles. The fourth-order valence-corrected chi connectivity index (χ4v) is 4.92. The number of hydrogen-bond donors (Lipinski definition) is 0. The molecule has 0 saturated carbocycles. The van der Waals surface area contributed by atoms with E-state index >= 15 is 0 Å². The van der Waals surface area contributed by atoms with Gasteiger partial charge in [-0.05, 0) is 25.2 Å². The van der Waals surface area contributed by atoms with Crippen molar-refractivity contribution in [3.8, 4) is 0 Å². The number of hydrogen-bond acceptors (Lipinski definition) is 2. The Morgan fingerprint density at radius 2 is 1.56 bits per heavy atom. The van der Waals surface area contributed by atoms with E-state index in [2.05, 4.69) is 56.2 Å². The molecule has 0 aliphatic rings. The van der Waals surface area contributed by atoms with Gasteiger partial charge in [-0.1, -0.05) is 75.5 Å². The Labute approximate surface area is 111 Å². The fourth-order valence-electron chi connectivity index (χ4n) is 2.02. The van der Waals surface area contributed by atoms with Gasteiger partial charge in [-0.3, -0.25) is 0 Å². The van der Waals surface area contributed by atoms with Crippen molar-refractivity contribution in [2.24, 2.45) is 5.92 Å². The largest absolute Gasteiger partial charge is 0.0910 e. The molecule has 0 aromatic carbocycles. The Kier molecular flexibility index (Phi) is 11.3. The minimum absolute atomic E-state index is 0.757. The molecule has 0 saturated heterocycles. The van der Waals surface area contributed by atoms with Gasteiger partial charge in [0.2, 0.25) is 0 Å². The number of unbranched alkanes of at least 4 members (excludes halogenated alkanes) is 1. The summed E-state index contributed by atoms with van der Waals surface area (Å²) in [6, 6.07) is 0. The van der Waals surface area contributed by atoms with Gasteiger partial charge in [-0.25, -0.2) is 0 Å². The van der Waals surface area contributed by atoms with E-state index in [4.69, 9.17) is 0 Å². The SMILES string of the molecule is CCCCC(CCC)[C@H](CC)SSC(C)C. The Morgan fingerprint density at radius 3 is 2.00 bits per heavy atom. The summed E-state index contributed by atoms with van der Waals surface area (Å²) in [6.45, 7) is 11.6. The van der Waals surface area contributed by atoms with Crippen LogP contribution in [-0.4, -0.2) is 10.5 Å². The van der Waals surface area contributed by atoms with Crippen molar-refractivity contribution in [2.45, 2.75) is 83.6 Å². The van der Waals surface area contributed by atoms with Gasteiger partial charge in [0.1, 0.15) is 0 Å². The third-order valence-electron chi connectivity index (χ3n) is 2.89. The van der Waals surface area contributed by atoms with Gasteiger partial charge in [0.15, 0.2) is 0 Å². The van der Waals surface area contributed by atoms with Crippen LogP contribution in [0.15, 0.2) is 0 Å². The molecule has 0 bridgehead atoms. The quantitative estimate of drug-likeness (QED) is 0.432. The molecule has 98 valence electrons. The maximum Gasteiger partial charge on any atom is 0.0177 e. The lowest BCUT2D eigenvalue weighted by Gasteiger charge is -2.25. The second kappa shape index (κ2) is 10.8. The molecule has 1 unspecified atom stereocenters. The van der Waals surface area contributed by atoms with Crippen LogP contribution in [-0.2, 0) is 0 Å². The second-order valence-electron chi connectivity index (χ2n) is 4.88. The van der Waals surface area contributed by atoms with Gasteiger partial charge < -0.3 is 0 Å². The molecule has 2 heteroatoms. The zero-order valence-corrected chi connectivity index (χ0v) is 13.4. The predicted octanol–water partition coefficient (Wildman–Crippen LogP) is 6.16. The van der Waals surface area contributed by atoms with Crippen LogP contribution in [0.3, 0.4) is 0 Å². The Bertz CT molecular complexity index is 146. The lowest BCUT2D eigenvalue weighted by molar-refractivity contribution is 0.410. The maximum atomic E-state index is 2.35. The van der Waals surface area contributed by atoms with Gasteiger partial charge in [-0.2, -0.15) is 0 Å².